The first-order valence-electron chi connectivity index (χ1n) is 7.32. The second-order valence-electron chi connectivity index (χ2n) is 5.25. The lowest BCUT2D eigenvalue weighted by Gasteiger charge is -2.13. The van der Waals surface area contributed by atoms with Crippen LogP contribution in [0.4, 0.5) is 4.39 Å². The smallest absolute Gasteiger partial charge is 0.208 e. The highest BCUT2D eigenvalue weighted by Crippen LogP contribution is 2.23. The van der Waals surface area contributed by atoms with Crippen LogP contribution in [-0.2, 0) is 6.54 Å². The Balaban J connectivity index is 1.65. The van der Waals surface area contributed by atoms with Gasteiger partial charge >= 0.3 is 0 Å². The van der Waals surface area contributed by atoms with E-state index in [0.717, 1.165) is 5.56 Å². The minimum atomic E-state index is -0.221. The molecule has 0 radical (unpaired) electrons. The van der Waals surface area contributed by atoms with E-state index in [1.807, 2.05) is 25.1 Å². The molecule has 3 rings (SSSR count). The van der Waals surface area contributed by atoms with Gasteiger partial charge in [-0.1, -0.05) is 29.8 Å². The van der Waals surface area contributed by atoms with Gasteiger partial charge in [-0.2, -0.15) is 0 Å². The Morgan fingerprint density at radius 2 is 1.91 bits per heavy atom. The molecule has 0 bridgehead atoms. The van der Waals surface area contributed by atoms with Crippen molar-refractivity contribution in [2.24, 2.45) is 0 Å². The van der Waals surface area contributed by atoms with Crippen molar-refractivity contribution < 1.29 is 8.81 Å². The molecule has 2 aromatic carbocycles. The predicted molar refractivity (Wildman–Crippen MR) is 88.6 cm³/mol. The van der Waals surface area contributed by atoms with Crippen LogP contribution in [0.3, 0.4) is 0 Å². The van der Waals surface area contributed by atoms with E-state index in [4.69, 9.17) is 16.0 Å². The number of nitrogens with one attached hydrogen (secondary N) is 1. The van der Waals surface area contributed by atoms with E-state index in [2.05, 4.69) is 10.3 Å². The molecule has 118 valence electrons. The Morgan fingerprint density at radius 1 is 1.17 bits per heavy atom. The fraction of sp³-hybridized carbons (Fsp3) is 0.167. The molecule has 0 amide bonds. The first-order valence-corrected chi connectivity index (χ1v) is 7.70. The first kappa shape index (κ1) is 15.7. The third-order valence-corrected chi connectivity index (χ3v) is 3.87. The molecule has 0 saturated heterocycles. The van der Waals surface area contributed by atoms with E-state index in [9.17, 15) is 4.39 Å². The maximum Gasteiger partial charge on any atom is 0.208 e. The monoisotopic (exact) mass is 330 g/mol. The minimum absolute atomic E-state index is 0.137. The molecule has 23 heavy (non-hydrogen) atoms. The molecule has 0 fully saturated rings. The molecular formula is C18H16ClFN2O. The topological polar surface area (TPSA) is 38.1 Å². The molecule has 1 atom stereocenters. The van der Waals surface area contributed by atoms with Crippen LogP contribution in [0.15, 0.2) is 59.1 Å². The van der Waals surface area contributed by atoms with Crippen LogP contribution in [0.25, 0.3) is 11.3 Å². The number of hydrogen-bond acceptors (Lipinski definition) is 3. The van der Waals surface area contributed by atoms with Gasteiger partial charge in [0.1, 0.15) is 5.82 Å². The molecule has 0 aliphatic rings. The van der Waals surface area contributed by atoms with Crippen molar-refractivity contribution in [1.29, 1.82) is 0 Å². The van der Waals surface area contributed by atoms with Crippen molar-refractivity contribution in [2.75, 3.05) is 0 Å². The Labute approximate surface area is 139 Å². The molecule has 1 aromatic heterocycles. The fourth-order valence-electron chi connectivity index (χ4n) is 2.32. The third kappa shape index (κ3) is 3.78. The van der Waals surface area contributed by atoms with Crippen LogP contribution in [0.5, 0.6) is 0 Å². The van der Waals surface area contributed by atoms with E-state index in [1.54, 1.807) is 30.5 Å². The average Bonchev–Trinajstić information content (AvgIpc) is 3.03. The number of oxazole rings is 1. The molecule has 3 aromatic rings. The van der Waals surface area contributed by atoms with Gasteiger partial charge in [-0.15, -0.1) is 0 Å². The van der Waals surface area contributed by atoms with Crippen LogP contribution in [0, 0.1) is 5.82 Å². The van der Waals surface area contributed by atoms with Crippen LogP contribution in [0.2, 0.25) is 5.02 Å². The van der Waals surface area contributed by atoms with E-state index in [-0.39, 0.29) is 11.9 Å². The predicted octanol–water partition coefficient (Wildman–Crippen LogP) is 4.98. The Bertz CT molecular complexity index is 786. The lowest BCUT2D eigenvalue weighted by molar-refractivity contribution is 0.447. The highest BCUT2D eigenvalue weighted by molar-refractivity contribution is 6.30. The van der Waals surface area contributed by atoms with E-state index in [0.29, 0.717) is 28.8 Å². The summed E-state index contributed by atoms with van der Waals surface area (Å²) in [4.78, 5) is 4.25. The summed E-state index contributed by atoms with van der Waals surface area (Å²) in [7, 11) is 0. The highest BCUT2D eigenvalue weighted by atomic mass is 35.5. The van der Waals surface area contributed by atoms with Crippen LogP contribution < -0.4 is 5.32 Å². The van der Waals surface area contributed by atoms with Gasteiger partial charge < -0.3 is 9.73 Å². The quantitative estimate of drug-likeness (QED) is 0.716. The summed E-state index contributed by atoms with van der Waals surface area (Å²) < 4.78 is 19.4. The van der Waals surface area contributed by atoms with Gasteiger partial charge in [-0.25, -0.2) is 9.37 Å². The summed E-state index contributed by atoms with van der Waals surface area (Å²) >= 11 is 5.87. The Morgan fingerprint density at radius 3 is 2.65 bits per heavy atom. The highest BCUT2D eigenvalue weighted by Gasteiger charge is 2.12. The van der Waals surface area contributed by atoms with Crippen molar-refractivity contribution in [1.82, 2.24) is 10.3 Å². The first-order chi connectivity index (χ1) is 11.1. The van der Waals surface area contributed by atoms with Crippen molar-refractivity contribution in [2.45, 2.75) is 19.5 Å². The van der Waals surface area contributed by atoms with Gasteiger partial charge in [0.25, 0.3) is 0 Å². The molecule has 1 N–H and O–H groups in total. The van der Waals surface area contributed by atoms with Crippen molar-refractivity contribution in [3.63, 3.8) is 0 Å². The van der Waals surface area contributed by atoms with E-state index < -0.39 is 0 Å². The third-order valence-electron chi connectivity index (χ3n) is 3.61. The van der Waals surface area contributed by atoms with Crippen molar-refractivity contribution in [3.05, 3.63) is 77.0 Å². The number of nitrogens with zero attached hydrogens (tertiary/aromatic N) is 1. The maximum atomic E-state index is 13.7. The zero-order chi connectivity index (χ0) is 16.2. The molecule has 0 spiro atoms. The molecule has 5 heteroatoms. The second-order valence-corrected chi connectivity index (χ2v) is 5.69. The Kier molecular flexibility index (Phi) is 4.74. The largest absolute Gasteiger partial charge is 0.439 e. The lowest BCUT2D eigenvalue weighted by atomic mass is 10.1. The van der Waals surface area contributed by atoms with Gasteiger partial charge in [0.2, 0.25) is 5.89 Å². The van der Waals surface area contributed by atoms with Gasteiger partial charge in [-0.05, 0) is 37.3 Å². The summed E-state index contributed by atoms with van der Waals surface area (Å²) in [5.74, 6) is 1.01. The summed E-state index contributed by atoms with van der Waals surface area (Å²) in [6, 6.07) is 13.9. The van der Waals surface area contributed by atoms with Crippen LogP contribution in [-0.4, -0.2) is 4.98 Å². The van der Waals surface area contributed by atoms with E-state index in [1.165, 1.54) is 6.07 Å². The Hall–Kier alpha value is -2.17. The molecule has 1 unspecified atom stereocenters. The van der Waals surface area contributed by atoms with Gasteiger partial charge in [-0.3, -0.25) is 0 Å². The minimum Gasteiger partial charge on any atom is -0.439 e. The number of hydrogen-bond donors (Lipinski definition) is 1. The lowest BCUT2D eigenvalue weighted by Crippen LogP contribution is -2.19. The standard InChI is InChI=1S/C18H16ClFN2O/c1-12(15-4-2-3-5-16(15)20)21-11-18-22-10-17(23-18)13-6-8-14(19)9-7-13/h2-10,12,21H,11H2,1H3. The normalized spacial score (nSPS) is 12.3. The van der Waals surface area contributed by atoms with Crippen molar-refractivity contribution in [3.8, 4) is 11.3 Å². The number of benzene rings is 2. The maximum absolute atomic E-state index is 13.7. The molecule has 1 heterocycles. The summed E-state index contributed by atoms with van der Waals surface area (Å²) in [6.45, 7) is 2.32. The molecule has 0 aliphatic carbocycles. The zero-order valence-electron chi connectivity index (χ0n) is 12.6. The second kappa shape index (κ2) is 6.94. The zero-order valence-corrected chi connectivity index (χ0v) is 13.3. The molecule has 3 nitrogen and oxygen atoms in total. The SMILES string of the molecule is CC(NCc1ncc(-c2ccc(Cl)cc2)o1)c1ccccc1F. The summed E-state index contributed by atoms with van der Waals surface area (Å²) in [5, 5.41) is 3.89. The summed E-state index contributed by atoms with van der Waals surface area (Å²) in [5.41, 5.74) is 1.53. The van der Waals surface area contributed by atoms with Gasteiger partial charge in [0.05, 0.1) is 12.7 Å². The average molecular weight is 331 g/mol. The van der Waals surface area contributed by atoms with Crippen LogP contribution in [0.1, 0.15) is 24.4 Å². The van der Waals surface area contributed by atoms with E-state index >= 15 is 0 Å². The van der Waals surface area contributed by atoms with Crippen LogP contribution >= 0.6 is 11.6 Å². The number of halogens is 2. The molecule has 0 aliphatic heterocycles. The molecule has 0 saturated carbocycles. The summed E-state index contributed by atoms with van der Waals surface area (Å²) in [6.07, 6.45) is 1.67. The number of aromatic nitrogens is 1. The van der Waals surface area contributed by atoms with Gasteiger partial charge in [0, 0.05) is 22.2 Å². The fourth-order valence-corrected chi connectivity index (χ4v) is 2.44. The number of rotatable bonds is 5. The molecular weight excluding hydrogens is 315 g/mol. The van der Waals surface area contributed by atoms with Gasteiger partial charge in [0.15, 0.2) is 5.76 Å². The van der Waals surface area contributed by atoms with Crippen molar-refractivity contribution >= 4 is 11.6 Å².